The Morgan fingerprint density at radius 3 is 0.906 bits per heavy atom. The van der Waals surface area contributed by atoms with Gasteiger partial charge in [-0.3, -0.25) is 15.0 Å². The zero-order valence-corrected chi connectivity index (χ0v) is 89.7. The average molecular weight is 2470 g/mol. The Hall–Kier alpha value is -16.4. The molecule has 24 aromatic rings. The van der Waals surface area contributed by atoms with Crippen molar-refractivity contribution in [2.45, 2.75) is 53.4 Å². The fourth-order valence-electron chi connectivity index (χ4n) is 21.4. The van der Waals surface area contributed by atoms with Gasteiger partial charge in [-0.2, -0.15) is 38.2 Å². The summed E-state index contributed by atoms with van der Waals surface area (Å²) in [6.45, 7) is 19.6. The zero-order valence-electron chi connectivity index (χ0n) is 82.9. The van der Waals surface area contributed by atoms with Gasteiger partial charge in [0.25, 0.3) is 0 Å². The van der Waals surface area contributed by atoms with Crippen LogP contribution in [-0.2, 0) is 63.2 Å². The molecule has 0 radical (unpaired) electrons. The second-order valence-electron chi connectivity index (χ2n) is 37.7. The smallest absolute Gasteiger partial charge is 0.121 e. The van der Waals surface area contributed by atoms with E-state index >= 15 is 0 Å². The topological polar surface area (TPSA) is 120 Å². The van der Waals surface area contributed by atoms with E-state index in [0.29, 0.717) is 11.8 Å². The van der Waals surface area contributed by atoms with E-state index in [4.69, 9.17) is 15.0 Å². The van der Waals surface area contributed by atoms with E-state index in [-0.39, 0.29) is 63.2 Å². The first kappa shape index (κ1) is 97.4. The predicted molar refractivity (Wildman–Crippen MR) is 599 cm³/mol. The quantitative estimate of drug-likeness (QED) is 0.0635. The van der Waals surface area contributed by atoms with Gasteiger partial charge in [0.05, 0.1) is 51.1 Å². The number of aryl methyl sites for hydroxylation is 2. The average Bonchev–Trinajstić information content (AvgIpc) is 1.60. The van der Waals surface area contributed by atoms with Crippen LogP contribution in [0.2, 0.25) is 0 Å². The molecule has 21 heteroatoms. The molecular formula is C128H97N18Pt3-9. The Bertz CT molecular complexity index is 9130. The second kappa shape index (κ2) is 40.8. The number of para-hydroxylation sites is 6. The monoisotopic (exact) mass is 2470 g/mol. The van der Waals surface area contributed by atoms with Crippen LogP contribution in [0.15, 0.2) is 395 Å². The van der Waals surface area contributed by atoms with E-state index in [1.54, 1.807) is 0 Å². The number of hydrogen-bond acceptors (Lipinski definition) is 15. The molecular weight excluding hydrogens is 2370 g/mol. The van der Waals surface area contributed by atoms with Crippen LogP contribution in [0.25, 0.3) is 116 Å². The molecule has 27 rings (SSSR count). The fraction of sp³-hybridized carbons (Fsp3) is 0.0859. The van der Waals surface area contributed by atoms with Crippen LogP contribution in [0, 0.1) is 70.3 Å². The number of nitrogens with zero attached hydrogens (tertiary/aromatic N) is 18. The minimum absolute atomic E-state index is 0. The van der Waals surface area contributed by atoms with Gasteiger partial charge in [0.15, 0.2) is 0 Å². The van der Waals surface area contributed by atoms with E-state index in [9.17, 15) is 0 Å². The maximum atomic E-state index is 5.20. The van der Waals surface area contributed by atoms with E-state index in [1.165, 1.54) is 38.8 Å². The van der Waals surface area contributed by atoms with Crippen molar-refractivity contribution >= 4 is 185 Å². The molecule has 738 valence electrons. The molecule has 0 N–H and O–H groups in total. The normalized spacial score (nSPS) is 12.5. The minimum atomic E-state index is 0. The summed E-state index contributed by atoms with van der Waals surface area (Å²) >= 11 is 0. The van der Waals surface area contributed by atoms with Crippen LogP contribution in [-0.4, -0.2) is 64.2 Å². The number of benzene rings is 15. The van der Waals surface area contributed by atoms with Gasteiger partial charge in [0.2, 0.25) is 0 Å². The van der Waals surface area contributed by atoms with Crippen molar-refractivity contribution in [3.8, 4) is 33.8 Å². The molecule has 0 bridgehead atoms. The van der Waals surface area contributed by atoms with Crippen LogP contribution in [0.3, 0.4) is 0 Å². The van der Waals surface area contributed by atoms with Gasteiger partial charge in [0.1, 0.15) is 17.5 Å². The summed E-state index contributed by atoms with van der Waals surface area (Å²) in [5.41, 5.74) is 32.3. The molecule has 0 atom stereocenters. The van der Waals surface area contributed by atoms with Crippen molar-refractivity contribution < 1.29 is 63.2 Å². The summed E-state index contributed by atoms with van der Waals surface area (Å²) in [5.74, 6) is 3.46. The third-order valence-corrected chi connectivity index (χ3v) is 28.0. The number of anilines is 18. The molecule has 0 unspecified atom stereocenters. The summed E-state index contributed by atoms with van der Waals surface area (Å²) in [6, 6.07) is 148. The summed E-state index contributed by atoms with van der Waals surface area (Å²) in [7, 11) is 6.05. The molecule has 3 aliphatic rings. The Kier molecular flexibility index (Phi) is 26.7. The maximum Gasteiger partial charge on any atom is 0.121 e. The largest absolute Gasteiger partial charge is 0.492 e. The van der Waals surface area contributed by atoms with Crippen LogP contribution in [0.5, 0.6) is 0 Å². The summed E-state index contributed by atoms with van der Waals surface area (Å²) < 4.78 is 6.92. The van der Waals surface area contributed by atoms with E-state index in [2.05, 4.69) is 470 Å². The van der Waals surface area contributed by atoms with Crippen molar-refractivity contribution in [1.29, 1.82) is 0 Å². The third kappa shape index (κ3) is 17.3. The second-order valence-corrected chi connectivity index (χ2v) is 37.7. The molecule has 0 saturated heterocycles. The number of rotatable bonds is 17. The summed E-state index contributed by atoms with van der Waals surface area (Å²) in [4.78, 5) is 48.2. The molecule has 15 aromatic carbocycles. The molecule has 9 aromatic heterocycles. The SMILES string of the molecule is CC(C)c1cccc(C(C)C)c1-c1cnc2c3[c-]c(N(c4[c-]c(N5[CH-]N(C)c6ncccc65)ccc4)c4ccccc4)ccc3c3ccccc3n12.CN1[CH-]N(c2[c-]c(N(c3[c-]c4c(cc3)c3ccccc3n3c(-c5ccccc5)cnc43)c3ccccc3)ccc2)c2cccnc21.Cc1cccc(C)c1-c1cnc2c3[c-]c(N(c4[c-]c(N5[CH-]N(C)c6ncccc65)ccc4)c4ccccc4)ccc3c3ccccc3n12.[Pt].[Pt].[Pt]. The zero-order chi connectivity index (χ0) is 98.5. The van der Waals surface area contributed by atoms with E-state index < -0.39 is 0 Å². The Morgan fingerprint density at radius 2 is 0.557 bits per heavy atom. The van der Waals surface area contributed by atoms with Crippen LogP contribution >= 0.6 is 0 Å². The molecule has 18 nitrogen and oxygen atoms in total. The van der Waals surface area contributed by atoms with Gasteiger partial charge in [-0.05, 0) is 199 Å². The van der Waals surface area contributed by atoms with E-state index in [1.807, 2.05) is 116 Å². The molecule has 0 aliphatic carbocycles. The first-order chi connectivity index (χ1) is 71.7. The van der Waals surface area contributed by atoms with Gasteiger partial charge in [-0.25, -0.2) is 15.0 Å². The molecule has 0 saturated carbocycles. The van der Waals surface area contributed by atoms with Crippen molar-refractivity contribution in [3.63, 3.8) is 0 Å². The van der Waals surface area contributed by atoms with Gasteiger partial charge in [-0.15, -0.1) is 126 Å². The molecule has 12 heterocycles. The van der Waals surface area contributed by atoms with E-state index in [0.717, 1.165) is 202 Å². The maximum absolute atomic E-state index is 5.20. The molecule has 3 aliphatic heterocycles. The summed E-state index contributed by atoms with van der Waals surface area (Å²) in [6.07, 6.45) is 11.5. The van der Waals surface area contributed by atoms with Crippen molar-refractivity contribution in [3.05, 3.63) is 474 Å². The van der Waals surface area contributed by atoms with Gasteiger partial charge in [0, 0.05) is 145 Å². The standard InChI is InChI=1S/C46H39N6.C42H31N6.C40H27N6.3Pt/c1-30(2)36-19-12-20-37(31(3)4)44(36)43-28-48-45-40-27-35(23-24-38(40)39-18-9-10-21-41(39)52(43)45)51(32-14-7-6-8-15-32)34-17-11-16-33(26-34)50-29-49(5)46-42(50)22-13-25-47-46;1-28-12-9-13-29(2)40(28)39-26-44-41-36-25-33(21-22-34(36)35-18-7-8-19-37(35)48(39)41)47(30-14-5-4-6-15-30)32-17-10-16-31(24-32)46-27-45(3)42-38(46)20-11-23-43-42;1-43-27-44(37-20-11-23-41-40(37)43)30-16-10-17-31(24-30)45(29-14-6-3-7-15-29)32-21-22-33-34-18-8-9-19-36(34)46-38(28-12-4-2-5-13-28)26-42-39(46)35(33)25-32;;;/h6-25,28-31H,1-5H3;4-23,26-27H,1-3H3;2-23,26-27H,1H3;;;/q3*-3;;;. The number of fused-ring (bicyclic) bond motifs is 21. The van der Waals surface area contributed by atoms with Gasteiger partial charge >= 0.3 is 0 Å². The third-order valence-electron chi connectivity index (χ3n) is 28.0. The first-order valence-corrected chi connectivity index (χ1v) is 49.3. The van der Waals surface area contributed by atoms with Crippen LogP contribution in [0.4, 0.5) is 103 Å². The Balaban J connectivity index is 0.000000125. The predicted octanol–water partition coefficient (Wildman–Crippen LogP) is 31.3. The number of hydrogen-bond donors (Lipinski definition) is 0. The first-order valence-electron chi connectivity index (χ1n) is 49.3. The molecule has 149 heavy (non-hydrogen) atoms. The minimum Gasteiger partial charge on any atom is -0.492 e. The van der Waals surface area contributed by atoms with Gasteiger partial charge in [-0.1, -0.05) is 253 Å². The fourth-order valence-corrected chi connectivity index (χ4v) is 21.4. The molecule has 0 amide bonds. The molecule has 0 spiro atoms. The van der Waals surface area contributed by atoms with Gasteiger partial charge < -0.3 is 57.3 Å². The van der Waals surface area contributed by atoms with Crippen molar-refractivity contribution in [2.24, 2.45) is 0 Å². The van der Waals surface area contributed by atoms with Crippen LogP contribution in [0.1, 0.15) is 61.8 Å². The van der Waals surface area contributed by atoms with Crippen molar-refractivity contribution in [2.75, 3.05) is 65.2 Å². The van der Waals surface area contributed by atoms with Crippen LogP contribution < -0.4 is 44.1 Å². The summed E-state index contributed by atoms with van der Waals surface area (Å²) in [5, 5.41) is 9.74. The number of pyridine rings is 6. The number of aromatic nitrogens is 9. The molecule has 0 fully saturated rings. The van der Waals surface area contributed by atoms with Crippen molar-refractivity contribution in [1.82, 2.24) is 43.1 Å². The Morgan fingerprint density at radius 1 is 0.262 bits per heavy atom. The number of imidazole rings is 3. The Labute approximate surface area is 909 Å².